The molecular weight excluding hydrogens is 186 g/mol. The second-order valence-electron chi connectivity index (χ2n) is 2.46. The van der Waals surface area contributed by atoms with Crippen LogP contribution in [-0.2, 0) is 19.1 Å². The minimum absolute atomic E-state index is 0.152. The fraction of sp³-hybridized carbons (Fsp3) is 0.667. The van der Waals surface area contributed by atoms with Crippen LogP contribution in [0.1, 0.15) is 26.2 Å². The van der Waals surface area contributed by atoms with Gasteiger partial charge in [-0.1, -0.05) is 0 Å². The maximum atomic E-state index is 10.8. The predicted molar refractivity (Wildman–Crippen MR) is 47.1 cm³/mol. The molecule has 14 heavy (non-hydrogen) atoms. The smallest absolute Gasteiger partial charge is 0.320 e. The average Bonchev–Trinajstić information content (AvgIpc) is 2.13. The summed E-state index contributed by atoms with van der Waals surface area (Å²) in [6, 6.07) is 1.67. The molecule has 0 aromatic heterocycles. The van der Waals surface area contributed by atoms with Crippen LogP contribution < -0.4 is 0 Å². The summed E-state index contributed by atoms with van der Waals surface area (Å²) < 4.78 is 9.31. The van der Waals surface area contributed by atoms with Crippen molar-refractivity contribution in [2.45, 2.75) is 26.2 Å². The van der Waals surface area contributed by atoms with Crippen molar-refractivity contribution in [1.82, 2.24) is 0 Å². The van der Waals surface area contributed by atoms with E-state index in [-0.39, 0.29) is 25.4 Å². The number of nitrogens with zero attached hydrogens (tertiary/aromatic N) is 1. The van der Waals surface area contributed by atoms with Crippen LogP contribution in [0.3, 0.4) is 0 Å². The normalized spacial score (nSPS) is 8.86. The first-order chi connectivity index (χ1) is 6.70. The molecule has 0 aromatic carbocycles. The Kier molecular flexibility index (Phi) is 7.15. The van der Waals surface area contributed by atoms with Gasteiger partial charge in [0.15, 0.2) is 0 Å². The van der Waals surface area contributed by atoms with Gasteiger partial charge in [-0.25, -0.2) is 0 Å². The number of carbonyl (C=O) groups is 2. The Morgan fingerprint density at radius 1 is 1.29 bits per heavy atom. The Morgan fingerprint density at radius 3 is 2.57 bits per heavy atom. The lowest BCUT2D eigenvalue weighted by atomic mass is 10.3. The summed E-state index contributed by atoms with van der Waals surface area (Å²) in [5.41, 5.74) is 0. The highest BCUT2D eigenvalue weighted by Crippen LogP contribution is 1.95. The Balaban J connectivity index is 3.34. The summed E-state index contributed by atoms with van der Waals surface area (Å²) in [6.07, 6.45) is 0.406. The maximum Gasteiger partial charge on any atom is 0.320 e. The van der Waals surface area contributed by atoms with Crippen molar-refractivity contribution < 1.29 is 19.1 Å². The van der Waals surface area contributed by atoms with Crippen LogP contribution >= 0.6 is 0 Å². The molecule has 0 atom stereocenters. The molecule has 0 amide bonds. The van der Waals surface area contributed by atoms with E-state index >= 15 is 0 Å². The summed E-state index contributed by atoms with van der Waals surface area (Å²) in [5.74, 6) is -0.861. The number of hydrogen-bond donors (Lipinski definition) is 0. The molecule has 0 radical (unpaired) electrons. The number of esters is 2. The monoisotopic (exact) mass is 199 g/mol. The number of nitriles is 1. The van der Waals surface area contributed by atoms with E-state index in [2.05, 4.69) is 9.47 Å². The third-order valence-corrected chi connectivity index (χ3v) is 1.32. The Morgan fingerprint density at radius 2 is 2.00 bits per heavy atom. The van der Waals surface area contributed by atoms with Crippen LogP contribution in [0.15, 0.2) is 0 Å². The maximum absolute atomic E-state index is 10.8. The molecule has 0 aliphatic heterocycles. The van der Waals surface area contributed by atoms with Crippen LogP contribution in [0.5, 0.6) is 0 Å². The number of carbonyl (C=O) groups excluding carboxylic acids is 2. The molecule has 78 valence electrons. The minimum atomic E-state index is -0.559. The van der Waals surface area contributed by atoms with E-state index in [0.717, 1.165) is 0 Å². The topological polar surface area (TPSA) is 76.4 Å². The van der Waals surface area contributed by atoms with Gasteiger partial charge in [0, 0.05) is 6.42 Å². The minimum Gasteiger partial charge on any atom is -0.466 e. The molecule has 0 unspecified atom stereocenters. The van der Waals surface area contributed by atoms with Crippen LogP contribution in [0.25, 0.3) is 0 Å². The lowest BCUT2D eigenvalue weighted by molar-refractivity contribution is -0.146. The summed E-state index contributed by atoms with van der Waals surface area (Å²) in [5, 5.41) is 8.13. The number of hydrogen-bond acceptors (Lipinski definition) is 5. The molecule has 0 bridgehead atoms. The van der Waals surface area contributed by atoms with Gasteiger partial charge in [-0.15, -0.1) is 0 Å². The van der Waals surface area contributed by atoms with Crippen molar-refractivity contribution in [2.75, 3.05) is 13.2 Å². The zero-order valence-electron chi connectivity index (χ0n) is 8.12. The highest BCUT2D eigenvalue weighted by molar-refractivity contribution is 5.72. The van der Waals surface area contributed by atoms with E-state index in [0.29, 0.717) is 13.0 Å². The zero-order valence-corrected chi connectivity index (χ0v) is 8.12. The third kappa shape index (κ3) is 7.10. The lowest BCUT2D eigenvalue weighted by Gasteiger charge is -2.02. The summed E-state index contributed by atoms with van der Waals surface area (Å²) >= 11 is 0. The molecule has 0 aliphatic carbocycles. The van der Waals surface area contributed by atoms with E-state index in [1.165, 1.54) is 0 Å². The van der Waals surface area contributed by atoms with E-state index in [1.807, 2.05) is 0 Å². The van der Waals surface area contributed by atoms with Crippen molar-refractivity contribution in [3.8, 4) is 6.07 Å². The van der Waals surface area contributed by atoms with Gasteiger partial charge in [-0.2, -0.15) is 5.26 Å². The third-order valence-electron chi connectivity index (χ3n) is 1.32. The summed E-state index contributed by atoms with van der Waals surface area (Å²) in [4.78, 5) is 21.5. The largest absolute Gasteiger partial charge is 0.466 e. The molecule has 0 rings (SSSR count). The zero-order chi connectivity index (χ0) is 10.8. The van der Waals surface area contributed by atoms with Gasteiger partial charge < -0.3 is 9.47 Å². The Hall–Kier alpha value is -1.57. The molecule has 0 spiro atoms. The number of ether oxygens (including phenoxy) is 2. The van der Waals surface area contributed by atoms with Crippen molar-refractivity contribution in [1.29, 1.82) is 5.26 Å². The van der Waals surface area contributed by atoms with Crippen LogP contribution in [-0.4, -0.2) is 25.2 Å². The van der Waals surface area contributed by atoms with Crippen LogP contribution in [0.4, 0.5) is 0 Å². The average molecular weight is 199 g/mol. The van der Waals surface area contributed by atoms with Crippen molar-refractivity contribution in [3.63, 3.8) is 0 Å². The first-order valence-corrected chi connectivity index (χ1v) is 4.39. The molecule has 0 heterocycles. The van der Waals surface area contributed by atoms with E-state index in [4.69, 9.17) is 5.26 Å². The highest BCUT2D eigenvalue weighted by atomic mass is 16.5. The molecule has 0 aliphatic rings. The van der Waals surface area contributed by atoms with E-state index in [9.17, 15) is 9.59 Å². The van der Waals surface area contributed by atoms with Crippen LogP contribution in [0, 0.1) is 11.3 Å². The second kappa shape index (κ2) is 8.05. The van der Waals surface area contributed by atoms with Crippen LogP contribution in [0.2, 0.25) is 0 Å². The molecule has 0 aromatic rings. The van der Waals surface area contributed by atoms with Crippen molar-refractivity contribution in [2.24, 2.45) is 0 Å². The first kappa shape index (κ1) is 12.4. The van der Waals surface area contributed by atoms with Gasteiger partial charge in [0.1, 0.15) is 6.42 Å². The number of rotatable bonds is 6. The van der Waals surface area contributed by atoms with Gasteiger partial charge in [0.2, 0.25) is 0 Å². The van der Waals surface area contributed by atoms with Crippen molar-refractivity contribution in [3.05, 3.63) is 0 Å². The van der Waals surface area contributed by atoms with Gasteiger partial charge >= 0.3 is 11.9 Å². The first-order valence-electron chi connectivity index (χ1n) is 4.39. The predicted octanol–water partition coefficient (Wildman–Crippen LogP) is 0.787. The fourth-order valence-electron chi connectivity index (χ4n) is 0.751. The van der Waals surface area contributed by atoms with Gasteiger partial charge in [-0.05, 0) is 13.3 Å². The highest BCUT2D eigenvalue weighted by Gasteiger charge is 2.03. The quantitative estimate of drug-likeness (QED) is 0.466. The van der Waals surface area contributed by atoms with Gasteiger partial charge in [0.25, 0.3) is 0 Å². The van der Waals surface area contributed by atoms with Gasteiger partial charge in [-0.3, -0.25) is 9.59 Å². The molecule has 0 saturated heterocycles. The standard InChI is InChI=1S/C9H13NO4/c1-2-13-8(11)4-3-7-14-9(12)5-6-10/h2-5,7H2,1H3. The fourth-order valence-corrected chi connectivity index (χ4v) is 0.751. The van der Waals surface area contributed by atoms with E-state index in [1.54, 1.807) is 13.0 Å². The van der Waals surface area contributed by atoms with E-state index < -0.39 is 5.97 Å². The summed E-state index contributed by atoms with van der Waals surface area (Å²) in [7, 11) is 0. The molecular formula is C9H13NO4. The lowest BCUT2D eigenvalue weighted by Crippen LogP contribution is -2.08. The Bertz CT molecular complexity index is 231. The SMILES string of the molecule is CCOC(=O)CCCOC(=O)CC#N. The van der Waals surface area contributed by atoms with Gasteiger partial charge in [0.05, 0.1) is 19.3 Å². The molecule has 0 fully saturated rings. The van der Waals surface area contributed by atoms with Crippen molar-refractivity contribution >= 4 is 11.9 Å². The summed E-state index contributed by atoms with van der Waals surface area (Å²) in [6.45, 7) is 2.23. The molecule has 5 nitrogen and oxygen atoms in total. The molecule has 5 heteroatoms. The molecule has 0 saturated carbocycles. The molecule has 0 N–H and O–H groups in total. The second-order valence-corrected chi connectivity index (χ2v) is 2.46. The Labute approximate surface area is 82.6 Å².